The summed E-state index contributed by atoms with van der Waals surface area (Å²) in [6.45, 7) is 4.02. The third-order valence-corrected chi connectivity index (χ3v) is 6.87. The largest absolute Gasteiger partial charge is 0.495 e. The molecule has 1 atom stereocenters. The molecule has 0 saturated carbocycles. The molecule has 0 N–H and O–H groups in total. The minimum Gasteiger partial charge on any atom is -0.495 e. The first-order valence-corrected chi connectivity index (χ1v) is 12.5. The van der Waals surface area contributed by atoms with Crippen LogP contribution in [0.2, 0.25) is 5.02 Å². The zero-order valence-electron chi connectivity index (χ0n) is 21.8. The molecule has 12 heteroatoms. The fourth-order valence-electron chi connectivity index (χ4n) is 4.57. The van der Waals surface area contributed by atoms with Crippen LogP contribution in [-0.4, -0.2) is 31.4 Å². The summed E-state index contributed by atoms with van der Waals surface area (Å²) in [6.07, 6.45) is 0.204. The molecule has 1 aromatic heterocycles. The molecule has 0 unspecified atom stereocenters. The highest BCUT2D eigenvalue weighted by Gasteiger charge is 2.35. The van der Waals surface area contributed by atoms with Gasteiger partial charge in [0, 0.05) is 36.0 Å². The van der Waals surface area contributed by atoms with Crippen LogP contribution >= 0.6 is 11.6 Å². The lowest BCUT2D eigenvalue weighted by molar-refractivity contribution is -0.137. The van der Waals surface area contributed by atoms with Crippen molar-refractivity contribution >= 4 is 11.6 Å². The zero-order chi connectivity index (χ0) is 29.0. The van der Waals surface area contributed by atoms with Crippen LogP contribution in [0.15, 0.2) is 61.2 Å². The Morgan fingerprint density at radius 1 is 0.950 bits per heavy atom. The summed E-state index contributed by atoms with van der Waals surface area (Å²) in [5, 5.41) is 8.89. The molecule has 0 saturated heterocycles. The van der Waals surface area contributed by atoms with Gasteiger partial charge in [0.25, 0.3) is 5.92 Å². The van der Waals surface area contributed by atoms with Crippen LogP contribution in [0.3, 0.4) is 0 Å². The van der Waals surface area contributed by atoms with Crippen LogP contribution in [0.25, 0.3) is 28.3 Å². The van der Waals surface area contributed by atoms with Gasteiger partial charge in [-0.2, -0.15) is 13.2 Å². The maximum absolute atomic E-state index is 14.1. The van der Waals surface area contributed by atoms with E-state index in [1.807, 2.05) is 29.8 Å². The Morgan fingerprint density at radius 2 is 1.68 bits per heavy atom. The Balaban J connectivity index is 1.58. The van der Waals surface area contributed by atoms with Crippen molar-refractivity contribution in [3.63, 3.8) is 0 Å². The van der Waals surface area contributed by atoms with Crippen molar-refractivity contribution in [1.29, 1.82) is 0 Å². The molecule has 0 amide bonds. The van der Waals surface area contributed by atoms with Crippen LogP contribution in [-0.2, 0) is 12.1 Å². The molecule has 208 valence electrons. The van der Waals surface area contributed by atoms with E-state index in [2.05, 4.69) is 15.2 Å². The summed E-state index contributed by atoms with van der Waals surface area (Å²) in [4.78, 5) is 4.24. The van der Waals surface area contributed by atoms with Gasteiger partial charge in [-0.05, 0) is 55.8 Å². The van der Waals surface area contributed by atoms with Crippen molar-refractivity contribution in [3.05, 3.63) is 88.6 Å². The number of rotatable bonds is 6. The third kappa shape index (κ3) is 5.13. The molecule has 0 bridgehead atoms. The van der Waals surface area contributed by atoms with Crippen molar-refractivity contribution in [2.45, 2.75) is 38.9 Å². The maximum Gasteiger partial charge on any atom is 0.416 e. The van der Waals surface area contributed by atoms with Gasteiger partial charge in [0.2, 0.25) is 0 Å². The number of ether oxygens (including phenoxy) is 1. The van der Waals surface area contributed by atoms with Crippen molar-refractivity contribution < 1.29 is 26.7 Å². The van der Waals surface area contributed by atoms with Gasteiger partial charge in [-0.3, -0.25) is 0 Å². The highest BCUT2D eigenvalue weighted by molar-refractivity contribution is 6.30. The van der Waals surface area contributed by atoms with Crippen LogP contribution < -0.4 is 4.74 Å². The first-order valence-electron chi connectivity index (χ1n) is 12.1. The molecule has 2 aliphatic rings. The fraction of sp³-hybridized carbons (Fsp3) is 0.250. The minimum atomic E-state index is -4.81. The van der Waals surface area contributed by atoms with Crippen molar-refractivity contribution in [1.82, 2.24) is 24.3 Å². The van der Waals surface area contributed by atoms with Crippen molar-refractivity contribution in [3.8, 4) is 34.1 Å². The SMILES string of the molecule is COc1cc(-c2nnc3n([C@@H](C)c4cc(C(C)(F)F)cc(C(F)(F)F)c4)cc(Cl)cc2-3)ccc1-n1cnc(C)c1. The molecule has 6 nitrogen and oxygen atoms in total. The van der Waals surface area contributed by atoms with E-state index in [1.54, 1.807) is 25.4 Å². The number of hydrogen-bond donors (Lipinski definition) is 0. The number of imidazole rings is 1. The Hall–Kier alpha value is -3.99. The van der Waals surface area contributed by atoms with Crippen LogP contribution in [0.4, 0.5) is 22.0 Å². The lowest BCUT2D eigenvalue weighted by Gasteiger charge is -2.23. The molecule has 2 aromatic carbocycles. The standard InChI is InChI=1S/C28H23ClF5N5O/c1-15-12-38(14-35-15)23-6-5-17(9-24(23)40-4)25-22-11-21(29)13-39(26(22)37-36-25)16(2)18-7-19(27(3,30)31)10-20(8-18)28(32,33)34/h5-14,16H,1-4H3/t16-/m0/s1. The van der Waals surface area contributed by atoms with Crippen LogP contribution in [0, 0.1) is 6.92 Å². The van der Waals surface area contributed by atoms with Crippen LogP contribution in [0.1, 0.15) is 42.3 Å². The number of aromatic nitrogens is 5. The lowest BCUT2D eigenvalue weighted by atomic mass is 9.97. The van der Waals surface area contributed by atoms with Crippen LogP contribution in [0.5, 0.6) is 5.75 Å². The van der Waals surface area contributed by atoms with E-state index in [-0.39, 0.29) is 10.6 Å². The van der Waals surface area contributed by atoms with E-state index in [4.69, 9.17) is 16.3 Å². The number of aryl methyl sites for hydroxylation is 1. The Kier molecular flexibility index (Phi) is 6.81. The van der Waals surface area contributed by atoms with Gasteiger partial charge in [-0.15, -0.1) is 10.2 Å². The van der Waals surface area contributed by atoms with Gasteiger partial charge in [0.15, 0.2) is 5.82 Å². The average molecular weight is 576 g/mol. The first-order chi connectivity index (χ1) is 18.8. The number of halogens is 6. The van der Waals surface area contributed by atoms with Gasteiger partial charge in [0.05, 0.1) is 41.4 Å². The van der Waals surface area contributed by atoms with Gasteiger partial charge in [0.1, 0.15) is 11.4 Å². The predicted molar refractivity (Wildman–Crippen MR) is 140 cm³/mol. The van der Waals surface area contributed by atoms with Gasteiger partial charge >= 0.3 is 6.18 Å². The molecule has 3 aromatic rings. The van der Waals surface area contributed by atoms with Crippen molar-refractivity contribution in [2.75, 3.05) is 7.11 Å². The summed E-state index contributed by atoms with van der Waals surface area (Å²) in [7, 11) is 1.54. The number of pyridine rings is 1. The number of alkyl halides is 5. The molecular weight excluding hydrogens is 553 g/mol. The molecule has 0 spiro atoms. The minimum absolute atomic E-state index is 0.0196. The molecule has 5 rings (SSSR count). The monoisotopic (exact) mass is 575 g/mol. The molecule has 0 radical (unpaired) electrons. The number of fused-ring (bicyclic) bond motifs is 1. The first kappa shape index (κ1) is 27.6. The topological polar surface area (TPSA) is 57.8 Å². The smallest absolute Gasteiger partial charge is 0.416 e. The Bertz CT molecular complexity index is 1640. The van der Waals surface area contributed by atoms with E-state index in [9.17, 15) is 22.0 Å². The number of benzene rings is 2. The highest BCUT2D eigenvalue weighted by atomic mass is 35.5. The van der Waals surface area contributed by atoms with Crippen molar-refractivity contribution in [2.24, 2.45) is 0 Å². The Morgan fingerprint density at radius 3 is 2.30 bits per heavy atom. The van der Waals surface area contributed by atoms with E-state index < -0.39 is 29.3 Å². The second-order valence-corrected chi connectivity index (χ2v) is 10.0. The zero-order valence-corrected chi connectivity index (χ0v) is 22.5. The maximum atomic E-state index is 14.1. The van der Waals surface area contributed by atoms with Gasteiger partial charge in [-0.25, -0.2) is 13.8 Å². The quantitative estimate of drug-likeness (QED) is 0.193. The van der Waals surface area contributed by atoms with E-state index in [0.29, 0.717) is 41.4 Å². The molecule has 3 heterocycles. The second-order valence-electron chi connectivity index (χ2n) is 9.57. The summed E-state index contributed by atoms with van der Waals surface area (Å²) in [5.74, 6) is -2.61. The van der Waals surface area contributed by atoms with E-state index in [1.165, 1.54) is 17.9 Å². The Labute approximate surface area is 231 Å². The van der Waals surface area contributed by atoms with Gasteiger partial charge in [-0.1, -0.05) is 17.7 Å². The number of hydrogen-bond acceptors (Lipinski definition) is 4. The number of nitrogens with zero attached hydrogens (tertiary/aromatic N) is 5. The summed E-state index contributed by atoms with van der Waals surface area (Å²) in [5.41, 5.74) is 1.36. The van der Waals surface area contributed by atoms with E-state index in [0.717, 1.165) is 23.5 Å². The normalized spacial score (nSPS) is 13.2. The third-order valence-electron chi connectivity index (χ3n) is 6.66. The molecule has 40 heavy (non-hydrogen) atoms. The lowest BCUT2D eigenvalue weighted by Crippen LogP contribution is -2.16. The molecular formula is C28H23ClF5N5O. The summed E-state index contributed by atoms with van der Waals surface area (Å²) in [6, 6.07) is 8.65. The molecule has 0 fully saturated rings. The fourth-order valence-corrected chi connectivity index (χ4v) is 4.79. The summed E-state index contributed by atoms with van der Waals surface area (Å²) < 4.78 is 78.0. The highest BCUT2D eigenvalue weighted by Crippen LogP contribution is 2.41. The molecule has 0 aliphatic carbocycles. The molecule has 2 aliphatic heterocycles. The van der Waals surface area contributed by atoms with Gasteiger partial charge < -0.3 is 13.9 Å². The second kappa shape index (κ2) is 9.88. The number of methoxy groups -OCH3 is 1. The summed E-state index contributed by atoms with van der Waals surface area (Å²) >= 11 is 6.43. The van der Waals surface area contributed by atoms with E-state index >= 15 is 0 Å². The predicted octanol–water partition coefficient (Wildman–Crippen LogP) is 7.95. The average Bonchev–Trinajstić information content (AvgIpc) is 3.52.